The van der Waals surface area contributed by atoms with Crippen LogP contribution >= 0.6 is 0 Å². The molecule has 4 aromatic rings. The van der Waals surface area contributed by atoms with Gasteiger partial charge in [0, 0.05) is 35.7 Å². The highest BCUT2D eigenvalue weighted by molar-refractivity contribution is 5.85. The van der Waals surface area contributed by atoms with Crippen molar-refractivity contribution in [3.05, 3.63) is 82.2 Å². The molecule has 0 spiro atoms. The predicted octanol–water partition coefficient (Wildman–Crippen LogP) is 5.45. The van der Waals surface area contributed by atoms with Gasteiger partial charge in [0.15, 0.2) is 17.5 Å². The molecule has 0 bridgehead atoms. The van der Waals surface area contributed by atoms with E-state index in [1.165, 1.54) is 11.1 Å². The van der Waals surface area contributed by atoms with Gasteiger partial charge in [0.2, 0.25) is 5.92 Å². The fraction of sp³-hybridized carbons (Fsp3) is 0.231. The van der Waals surface area contributed by atoms with Gasteiger partial charge in [0.1, 0.15) is 0 Å². The fourth-order valence-corrected chi connectivity index (χ4v) is 5.25. The van der Waals surface area contributed by atoms with Gasteiger partial charge in [-0.05, 0) is 52.8 Å². The molecular weight excluding hydrogens is 487 g/mol. The van der Waals surface area contributed by atoms with E-state index in [1.54, 1.807) is 42.5 Å². The molecule has 2 aromatic carbocycles. The summed E-state index contributed by atoms with van der Waals surface area (Å²) in [6.07, 6.45) is 0.703. The number of alkyl halides is 2. The third-order valence-electron chi connectivity index (χ3n) is 6.99. The molecule has 1 saturated carbocycles. The Morgan fingerprint density at radius 2 is 1.97 bits per heavy atom. The van der Waals surface area contributed by atoms with Gasteiger partial charge in [-0.15, -0.1) is 0 Å². The zero-order valence-corrected chi connectivity index (χ0v) is 19.2. The maximum Gasteiger partial charge on any atom is 0.408 e. The molecule has 1 amide bonds. The minimum Gasteiger partial charge on any atom is -0.465 e. The van der Waals surface area contributed by atoms with E-state index in [2.05, 4.69) is 20.3 Å². The lowest BCUT2D eigenvalue weighted by Gasteiger charge is -2.41. The quantitative estimate of drug-likeness (QED) is 0.339. The summed E-state index contributed by atoms with van der Waals surface area (Å²) >= 11 is 0. The van der Waals surface area contributed by atoms with Crippen molar-refractivity contribution in [3.63, 3.8) is 0 Å². The second-order valence-corrected chi connectivity index (χ2v) is 9.42. The number of pyridine rings is 1. The monoisotopic (exact) mass is 507 g/mol. The Kier molecular flexibility index (Phi) is 5.18. The predicted molar refractivity (Wildman–Crippen MR) is 129 cm³/mol. The lowest BCUT2D eigenvalue weighted by Crippen LogP contribution is -2.43. The van der Waals surface area contributed by atoms with Crippen LogP contribution < -0.4 is 10.9 Å². The number of halogens is 3. The molecule has 2 aliphatic rings. The summed E-state index contributed by atoms with van der Waals surface area (Å²) in [6, 6.07) is 11.2. The molecule has 1 fully saturated rings. The number of anilines is 2. The van der Waals surface area contributed by atoms with Gasteiger partial charge in [-0.1, -0.05) is 12.1 Å². The molecule has 1 aliphatic heterocycles. The van der Waals surface area contributed by atoms with E-state index in [4.69, 9.17) is 0 Å². The third-order valence-corrected chi connectivity index (χ3v) is 6.99. The average molecular weight is 507 g/mol. The van der Waals surface area contributed by atoms with Gasteiger partial charge in [-0.3, -0.25) is 9.69 Å². The number of aromatic nitrogens is 3. The minimum atomic E-state index is -2.76. The van der Waals surface area contributed by atoms with E-state index in [1.807, 2.05) is 0 Å². The summed E-state index contributed by atoms with van der Waals surface area (Å²) in [4.78, 5) is 36.0. The Labute approximate surface area is 207 Å². The standard InChI is InChI=1S/C26H20F3N5O3/c27-20-11-31-22(33-23(20)32-17-2-4-19-13(8-17)5-6-30-24(19)35)14-1-3-18-15(7-14)12-34(25(36)37)21(18)16-9-26(28,29)10-16/h1-8,11,16,21H,9-10,12H2,(H,30,35)(H,36,37)(H,31,32,33). The van der Waals surface area contributed by atoms with Crippen LogP contribution in [0.5, 0.6) is 0 Å². The largest absolute Gasteiger partial charge is 0.465 e. The van der Waals surface area contributed by atoms with Gasteiger partial charge in [-0.25, -0.2) is 27.9 Å². The molecule has 188 valence electrons. The zero-order chi connectivity index (χ0) is 25.9. The van der Waals surface area contributed by atoms with Crippen LogP contribution in [0.15, 0.2) is 59.7 Å². The topological polar surface area (TPSA) is 111 Å². The van der Waals surface area contributed by atoms with Crippen LogP contribution in [0.1, 0.15) is 30.0 Å². The Balaban J connectivity index is 1.30. The van der Waals surface area contributed by atoms with Crippen LogP contribution in [0, 0.1) is 11.7 Å². The first-order chi connectivity index (χ1) is 17.7. The first kappa shape index (κ1) is 23.0. The number of hydrogen-bond acceptors (Lipinski definition) is 5. The summed E-state index contributed by atoms with van der Waals surface area (Å²) in [7, 11) is 0. The van der Waals surface area contributed by atoms with Crippen LogP contribution in [0.3, 0.4) is 0 Å². The SMILES string of the molecule is O=C(O)N1Cc2cc(-c3ncc(F)c(Nc4ccc5c(=O)[nH]ccc5c4)n3)ccc2C1C1CC(F)(F)C1. The first-order valence-electron chi connectivity index (χ1n) is 11.6. The number of benzene rings is 2. The van der Waals surface area contributed by atoms with Gasteiger partial charge in [-0.2, -0.15) is 0 Å². The van der Waals surface area contributed by atoms with Gasteiger partial charge in [0.25, 0.3) is 5.56 Å². The van der Waals surface area contributed by atoms with Crippen LogP contribution in [0.2, 0.25) is 0 Å². The van der Waals surface area contributed by atoms with Gasteiger partial charge < -0.3 is 15.4 Å². The van der Waals surface area contributed by atoms with E-state index in [9.17, 15) is 27.9 Å². The fourth-order valence-electron chi connectivity index (χ4n) is 5.25. The van der Waals surface area contributed by atoms with Crippen LogP contribution in [0.4, 0.5) is 29.5 Å². The molecule has 2 aromatic heterocycles. The van der Waals surface area contributed by atoms with Gasteiger partial charge in [0.05, 0.1) is 18.8 Å². The molecule has 3 heterocycles. The first-order valence-corrected chi connectivity index (χ1v) is 11.6. The average Bonchev–Trinajstić information content (AvgIpc) is 3.23. The number of fused-ring (bicyclic) bond motifs is 2. The summed E-state index contributed by atoms with van der Waals surface area (Å²) < 4.78 is 41.6. The van der Waals surface area contributed by atoms with E-state index >= 15 is 0 Å². The van der Waals surface area contributed by atoms with E-state index in [0.29, 0.717) is 33.2 Å². The minimum absolute atomic E-state index is 0.0633. The molecular formula is C26H20F3N5O3. The number of H-pyrrole nitrogens is 1. The lowest BCUT2D eigenvalue weighted by atomic mass is 9.74. The highest BCUT2D eigenvalue weighted by Gasteiger charge is 2.52. The van der Waals surface area contributed by atoms with E-state index in [0.717, 1.165) is 6.20 Å². The van der Waals surface area contributed by atoms with Gasteiger partial charge >= 0.3 is 6.09 Å². The Hall–Kier alpha value is -4.41. The second-order valence-electron chi connectivity index (χ2n) is 9.42. The van der Waals surface area contributed by atoms with Crippen molar-refractivity contribution in [1.82, 2.24) is 19.9 Å². The summed E-state index contributed by atoms with van der Waals surface area (Å²) in [6.45, 7) is 0.0633. The number of hydrogen-bond donors (Lipinski definition) is 3. The van der Waals surface area contributed by atoms with Crippen LogP contribution in [-0.4, -0.2) is 37.0 Å². The number of carboxylic acid groups (broad SMARTS) is 1. The molecule has 1 atom stereocenters. The smallest absolute Gasteiger partial charge is 0.408 e. The van der Waals surface area contributed by atoms with Crippen molar-refractivity contribution in [3.8, 4) is 11.4 Å². The molecule has 0 radical (unpaired) electrons. The maximum atomic E-state index is 14.6. The summed E-state index contributed by atoms with van der Waals surface area (Å²) in [5.74, 6) is -3.75. The van der Waals surface area contributed by atoms with Crippen molar-refractivity contribution < 1.29 is 23.1 Å². The maximum absolute atomic E-state index is 14.6. The second kappa shape index (κ2) is 8.32. The lowest BCUT2D eigenvalue weighted by molar-refractivity contribution is -0.128. The van der Waals surface area contributed by atoms with Crippen molar-refractivity contribution >= 4 is 28.4 Å². The molecule has 11 heteroatoms. The van der Waals surface area contributed by atoms with Crippen molar-refractivity contribution in [2.75, 3.05) is 5.32 Å². The van der Waals surface area contributed by atoms with Crippen molar-refractivity contribution in [1.29, 1.82) is 0 Å². The Bertz CT molecular complexity index is 1620. The molecule has 1 unspecified atom stereocenters. The summed E-state index contributed by atoms with van der Waals surface area (Å²) in [5.41, 5.74) is 2.20. The number of carbonyl (C=O) groups is 1. The van der Waals surface area contributed by atoms with E-state index in [-0.39, 0.29) is 36.6 Å². The number of aromatic amines is 1. The molecule has 6 rings (SSSR count). The Morgan fingerprint density at radius 1 is 1.16 bits per heavy atom. The normalized spacial score (nSPS) is 18.5. The highest BCUT2D eigenvalue weighted by Crippen LogP contribution is 2.53. The molecule has 3 N–H and O–H groups in total. The van der Waals surface area contributed by atoms with E-state index < -0.39 is 29.8 Å². The molecule has 8 nitrogen and oxygen atoms in total. The summed E-state index contributed by atoms with van der Waals surface area (Å²) in [5, 5.41) is 13.8. The molecule has 37 heavy (non-hydrogen) atoms. The molecule has 1 aliphatic carbocycles. The number of amides is 1. The zero-order valence-electron chi connectivity index (χ0n) is 19.2. The van der Waals surface area contributed by atoms with Crippen molar-refractivity contribution in [2.24, 2.45) is 5.92 Å². The van der Waals surface area contributed by atoms with Crippen LogP contribution in [0.25, 0.3) is 22.2 Å². The number of rotatable bonds is 4. The number of nitrogens with one attached hydrogen (secondary N) is 2. The van der Waals surface area contributed by atoms with Crippen LogP contribution in [-0.2, 0) is 6.54 Å². The third kappa shape index (κ3) is 4.05. The van der Waals surface area contributed by atoms with Crippen molar-refractivity contribution in [2.45, 2.75) is 31.4 Å². The number of nitrogens with zero attached hydrogens (tertiary/aromatic N) is 3. The highest BCUT2D eigenvalue weighted by atomic mass is 19.3. The Morgan fingerprint density at radius 3 is 2.73 bits per heavy atom. The molecule has 0 saturated heterocycles.